The largest absolute Gasteiger partial charge is 0.306 e. The molecule has 0 fully saturated rings. The molecule has 0 aliphatic carbocycles. The topological polar surface area (TPSA) is 58.6 Å². The Kier molecular flexibility index (Phi) is 3.75. The van der Waals surface area contributed by atoms with E-state index in [1.54, 1.807) is 12.4 Å². The molecule has 0 spiro atoms. The lowest BCUT2D eigenvalue weighted by Gasteiger charge is -2.20. The summed E-state index contributed by atoms with van der Waals surface area (Å²) in [4.78, 5) is 23.6. The summed E-state index contributed by atoms with van der Waals surface area (Å²) in [6.45, 7) is 8.14. The van der Waals surface area contributed by atoms with E-state index in [9.17, 15) is 4.79 Å². The van der Waals surface area contributed by atoms with Crippen molar-refractivity contribution in [1.29, 1.82) is 0 Å². The van der Waals surface area contributed by atoms with Crippen LogP contribution < -0.4 is 5.56 Å². The van der Waals surface area contributed by atoms with E-state index in [2.05, 4.69) is 58.3 Å². The minimum absolute atomic E-state index is 0.0984. The van der Waals surface area contributed by atoms with Crippen molar-refractivity contribution < 1.29 is 0 Å². The van der Waals surface area contributed by atoms with Crippen LogP contribution in [0, 0.1) is 10.5 Å². The van der Waals surface area contributed by atoms with Crippen molar-refractivity contribution in [2.45, 2.75) is 33.1 Å². The van der Waals surface area contributed by atoms with Crippen molar-refractivity contribution >= 4 is 22.6 Å². The lowest BCUT2D eigenvalue weighted by Crippen LogP contribution is -2.24. The molecule has 100 valence electrons. The van der Waals surface area contributed by atoms with Crippen molar-refractivity contribution in [3.05, 3.63) is 43.6 Å². The van der Waals surface area contributed by atoms with E-state index in [0.29, 0.717) is 9.39 Å². The molecule has 0 unspecified atom stereocenters. The summed E-state index contributed by atoms with van der Waals surface area (Å²) in [5.74, 6) is 0.584. The number of aryl methyl sites for hydroxylation is 1. The number of nitrogens with one attached hydrogen (secondary N) is 1. The van der Waals surface area contributed by atoms with Gasteiger partial charge in [0.1, 0.15) is 9.39 Å². The molecular formula is C14H16IN3O. The van der Waals surface area contributed by atoms with Gasteiger partial charge in [-0.2, -0.15) is 0 Å². The van der Waals surface area contributed by atoms with Crippen LogP contribution in [0.15, 0.2) is 23.3 Å². The number of rotatable bonds is 1. The molecule has 2 aromatic heterocycles. The number of aromatic amines is 1. The van der Waals surface area contributed by atoms with Crippen LogP contribution in [0.2, 0.25) is 0 Å². The number of H-pyrrole nitrogens is 1. The highest BCUT2D eigenvalue weighted by atomic mass is 127. The maximum absolute atomic E-state index is 12.1. The normalized spacial score (nSPS) is 11.6. The van der Waals surface area contributed by atoms with E-state index in [1.807, 2.05) is 13.0 Å². The van der Waals surface area contributed by atoms with E-state index < -0.39 is 0 Å². The fraction of sp³-hybridized carbons (Fsp3) is 0.357. The Morgan fingerprint density at radius 3 is 2.58 bits per heavy atom. The molecule has 1 N–H and O–H groups in total. The van der Waals surface area contributed by atoms with Crippen LogP contribution >= 0.6 is 22.6 Å². The van der Waals surface area contributed by atoms with Gasteiger partial charge in [-0.05, 0) is 41.1 Å². The fourth-order valence-corrected chi connectivity index (χ4v) is 2.86. The fourth-order valence-electron chi connectivity index (χ4n) is 1.80. The van der Waals surface area contributed by atoms with Gasteiger partial charge in [-0.15, -0.1) is 0 Å². The number of hydrogen-bond acceptors (Lipinski definition) is 3. The first-order valence-corrected chi connectivity index (χ1v) is 7.10. The Morgan fingerprint density at radius 2 is 2.00 bits per heavy atom. The van der Waals surface area contributed by atoms with Crippen molar-refractivity contribution in [1.82, 2.24) is 15.0 Å². The van der Waals surface area contributed by atoms with Crippen LogP contribution in [-0.2, 0) is 5.41 Å². The van der Waals surface area contributed by atoms with Gasteiger partial charge in [-0.25, -0.2) is 4.98 Å². The minimum Gasteiger partial charge on any atom is -0.306 e. The summed E-state index contributed by atoms with van der Waals surface area (Å²) in [5.41, 5.74) is 2.45. The second-order valence-corrected chi connectivity index (χ2v) is 6.60. The monoisotopic (exact) mass is 369 g/mol. The van der Waals surface area contributed by atoms with Gasteiger partial charge in [0.2, 0.25) is 0 Å². The van der Waals surface area contributed by atoms with Crippen molar-refractivity contribution in [2.24, 2.45) is 0 Å². The molecule has 19 heavy (non-hydrogen) atoms. The molecule has 2 rings (SSSR count). The molecule has 0 radical (unpaired) electrons. The molecule has 0 saturated carbocycles. The maximum Gasteiger partial charge on any atom is 0.264 e. The third-order valence-corrected chi connectivity index (χ3v) is 3.87. The quantitative estimate of drug-likeness (QED) is 0.787. The van der Waals surface area contributed by atoms with E-state index in [4.69, 9.17) is 0 Å². The lowest BCUT2D eigenvalue weighted by molar-refractivity contribution is 0.562. The summed E-state index contributed by atoms with van der Waals surface area (Å²) < 4.78 is 0.649. The molecule has 2 heterocycles. The Hall–Kier alpha value is -1.24. The summed E-state index contributed by atoms with van der Waals surface area (Å²) in [7, 11) is 0. The van der Waals surface area contributed by atoms with E-state index in [0.717, 1.165) is 16.8 Å². The van der Waals surface area contributed by atoms with E-state index >= 15 is 0 Å². The van der Waals surface area contributed by atoms with E-state index in [1.165, 1.54) is 0 Å². The summed E-state index contributed by atoms with van der Waals surface area (Å²) in [6.07, 6.45) is 3.46. The standard InChI is InChI=1S/C14H16IN3O/c1-8-5-6-16-7-9(8)12-17-11(14(2,3)4)10(15)13(19)18-12/h5-7H,1-4H3,(H,17,18,19). The zero-order valence-corrected chi connectivity index (χ0v) is 13.6. The predicted octanol–water partition coefficient (Wildman–Crippen LogP) is 3.04. The Balaban J connectivity index is 2.71. The number of nitrogens with zero attached hydrogens (tertiary/aromatic N) is 2. The molecule has 0 aromatic carbocycles. The highest BCUT2D eigenvalue weighted by Gasteiger charge is 2.22. The number of pyridine rings is 1. The second-order valence-electron chi connectivity index (χ2n) is 5.52. The molecule has 0 atom stereocenters. The molecule has 0 aliphatic heterocycles. The lowest BCUT2D eigenvalue weighted by atomic mass is 9.92. The van der Waals surface area contributed by atoms with Crippen molar-refractivity contribution in [3.8, 4) is 11.4 Å². The average molecular weight is 369 g/mol. The SMILES string of the molecule is Cc1ccncc1-c1nc(C(C)(C)C)c(I)c(=O)[nH]1. The summed E-state index contributed by atoms with van der Waals surface area (Å²) in [5, 5.41) is 0. The number of hydrogen-bond donors (Lipinski definition) is 1. The molecule has 2 aromatic rings. The van der Waals surface area contributed by atoms with Crippen LogP contribution in [-0.4, -0.2) is 15.0 Å². The predicted molar refractivity (Wildman–Crippen MR) is 84.2 cm³/mol. The average Bonchev–Trinajstić information content (AvgIpc) is 2.31. The molecule has 4 nitrogen and oxygen atoms in total. The first kappa shape index (κ1) is 14.2. The molecule has 0 amide bonds. The number of aromatic nitrogens is 3. The number of halogens is 1. The highest BCUT2D eigenvalue weighted by Crippen LogP contribution is 2.25. The highest BCUT2D eigenvalue weighted by molar-refractivity contribution is 14.1. The molecule has 0 aliphatic rings. The Morgan fingerprint density at radius 1 is 1.32 bits per heavy atom. The molecule has 0 bridgehead atoms. The molecule has 0 saturated heterocycles. The zero-order chi connectivity index (χ0) is 14.2. The van der Waals surface area contributed by atoms with Crippen LogP contribution in [0.5, 0.6) is 0 Å². The second kappa shape index (κ2) is 5.03. The van der Waals surface area contributed by atoms with Crippen molar-refractivity contribution in [2.75, 3.05) is 0 Å². The van der Waals surface area contributed by atoms with Crippen LogP contribution in [0.4, 0.5) is 0 Å². The van der Waals surface area contributed by atoms with Crippen LogP contribution in [0.25, 0.3) is 11.4 Å². The van der Waals surface area contributed by atoms with Crippen LogP contribution in [0.3, 0.4) is 0 Å². The maximum atomic E-state index is 12.1. The minimum atomic E-state index is -0.171. The van der Waals surface area contributed by atoms with Gasteiger partial charge in [0.15, 0.2) is 0 Å². The molecule has 5 heteroatoms. The van der Waals surface area contributed by atoms with Crippen molar-refractivity contribution in [3.63, 3.8) is 0 Å². The Bertz CT molecular complexity index is 671. The third-order valence-electron chi connectivity index (χ3n) is 2.87. The van der Waals surface area contributed by atoms with Gasteiger partial charge in [-0.1, -0.05) is 20.8 Å². The smallest absolute Gasteiger partial charge is 0.264 e. The van der Waals surface area contributed by atoms with Gasteiger partial charge in [0.05, 0.1) is 5.69 Å². The van der Waals surface area contributed by atoms with Gasteiger partial charge >= 0.3 is 0 Å². The zero-order valence-electron chi connectivity index (χ0n) is 11.4. The van der Waals surface area contributed by atoms with Gasteiger partial charge < -0.3 is 4.98 Å². The van der Waals surface area contributed by atoms with Gasteiger partial charge in [0.25, 0.3) is 5.56 Å². The Labute approximate surface area is 125 Å². The van der Waals surface area contributed by atoms with Crippen LogP contribution in [0.1, 0.15) is 32.0 Å². The van der Waals surface area contributed by atoms with E-state index in [-0.39, 0.29) is 11.0 Å². The third kappa shape index (κ3) is 2.86. The van der Waals surface area contributed by atoms with Gasteiger partial charge in [0, 0.05) is 23.4 Å². The first-order chi connectivity index (χ1) is 8.80. The first-order valence-electron chi connectivity index (χ1n) is 6.02. The summed E-state index contributed by atoms with van der Waals surface area (Å²) in [6, 6.07) is 1.91. The van der Waals surface area contributed by atoms with Gasteiger partial charge in [-0.3, -0.25) is 9.78 Å². The molecular weight excluding hydrogens is 353 g/mol. The summed E-state index contributed by atoms with van der Waals surface area (Å²) >= 11 is 2.05.